The van der Waals surface area contributed by atoms with Gasteiger partial charge in [0.05, 0.1) is 18.2 Å². The Bertz CT molecular complexity index is 503. The lowest BCUT2D eigenvalue weighted by Gasteiger charge is -2.22. The average Bonchev–Trinajstić information content (AvgIpc) is 3.11. The van der Waals surface area contributed by atoms with E-state index < -0.39 is 0 Å². The molecule has 3 atom stereocenters. The monoisotopic (exact) mass is 291 g/mol. The maximum Gasteiger partial charge on any atom is 0.191 e. The van der Waals surface area contributed by atoms with Crippen molar-refractivity contribution in [3.63, 3.8) is 0 Å². The first-order valence-electron chi connectivity index (χ1n) is 7.61. The normalized spacial score (nSPS) is 27.9. The van der Waals surface area contributed by atoms with Gasteiger partial charge in [-0.1, -0.05) is 12.1 Å². The van der Waals surface area contributed by atoms with Gasteiger partial charge in [0.25, 0.3) is 0 Å². The summed E-state index contributed by atoms with van der Waals surface area (Å²) in [7, 11) is 1.78. The molecule has 0 saturated carbocycles. The van der Waals surface area contributed by atoms with E-state index in [0.717, 1.165) is 37.3 Å². The SMILES string of the molecule is CN=C(NCCc1ccc(F)cc1)NC1CC2CCC1O2. The molecule has 2 aliphatic heterocycles. The quantitative estimate of drug-likeness (QED) is 0.657. The zero-order valence-corrected chi connectivity index (χ0v) is 12.3. The van der Waals surface area contributed by atoms with Crippen molar-refractivity contribution in [2.45, 2.75) is 43.9 Å². The van der Waals surface area contributed by atoms with E-state index in [-0.39, 0.29) is 5.82 Å². The highest BCUT2D eigenvalue weighted by Gasteiger charge is 2.40. The van der Waals surface area contributed by atoms with Crippen molar-refractivity contribution in [3.05, 3.63) is 35.6 Å². The lowest BCUT2D eigenvalue weighted by molar-refractivity contribution is 0.0992. The van der Waals surface area contributed by atoms with Gasteiger partial charge in [-0.2, -0.15) is 0 Å². The van der Waals surface area contributed by atoms with Crippen LogP contribution in [0.15, 0.2) is 29.3 Å². The Labute approximate surface area is 124 Å². The molecule has 2 bridgehead atoms. The fourth-order valence-electron chi connectivity index (χ4n) is 3.14. The minimum Gasteiger partial charge on any atom is -0.373 e. The fourth-order valence-corrected chi connectivity index (χ4v) is 3.14. The molecule has 114 valence electrons. The molecule has 0 aliphatic carbocycles. The van der Waals surface area contributed by atoms with Crippen LogP contribution in [0.2, 0.25) is 0 Å². The third-order valence-electron chi connectivity index (χ3n) is 4.27. The zero-order chi connectivity index (χ0) is 14.7. The van der Waals surface area contributed by atoms with E-state index in [9.17, 15) is 4.39 Å². The molecular formula is C16H22FN3O. The van der Waals surface area contributed by atoms with Crippen molar-refractivity contribution in [1.29, 1.82) is 0 Å². The molecule has 1 aromatic rings. The first-order chi connectivity index (χ1) is 10.2. The summed E-state index contributed by atoms with van der Waals surface area (Å²) < 4.78 is 18.7. The minimum absolute atomic E-state index is 0.194. The lowest BCUT2D eigenvalue weighted by Crippen LogP contribution is -2.47. The molecule has 4 nitrogen and oxygen atoms in total. The van der Waals surface area contributed by atoms with E-state index in [1.807, 2.05) is 12.1 Å². The third-order valence-corrected chi connectivity index (χ3v) is 4.27. The van der Waals surface area contributed by atoms with Crippen molar-refractivity contribution in [2.75, 3.05) is 13.6 Å². The van der Waals surface area contributed by atoms with Crippen LogP contribution in [0.5, 0.6) is 0 Å². The van der Waals surface area contributed by atoms with Crippen LogP contribution in [0.25, 0.3) is 0 Å². The Morgan fingerprint density at radius 2 is 2.14 bits per heavy atom. The van der Waals surface area contributed by atoms with E-state index in [0.29, 0.717) is 18.2 Å². The Morgan fingerprint density at radius 1 is 1.33 bits per heavy atom. The highest BCUT2D eigenvalue weighted by atomic mass is 19.1. The molecule has 21 heavy (non-hydrogen) atoms. The van der Waals surface area contributed by atoms with Crippen LogP contribution in [-0.4, -0.2) is 37.8 Å². The van der Waals surface area contributed by atoms with Crippen molar-refractivity contribution >= 4 is 5.96 Å². The van der Waals surface area contributed by atoms with Gasteiger partial charge in [0.1, 0.15) is 5.82 Å². The van der Waals surface area contributed by atoms with Crippen LogP contribution in [0.4, 0.5) is 4.39 Å². The molecule has 1 aromatic carbocycles. The number of nitrogens with one attached hydrogen (secondary N) is 2. The maximum atomic E-state index is 12.8. The lowest BCUT2D eigenvalue weighted by atomic mass is 9.96. The third kappa shape index (κ3) is 3.53. The van der Waals surface area contributed by atoms with Gasteiger partial charge in [-0.15, -0.1) is 0 Å². The molecule has 0 aromatic heterocycles. The van der Waals surface area contributed by atoms with Crippen molar-refractivity contribution in [3.8, 4) is 0 Å². The van der Waals surface area contributed by atoms with Gasteiger partial charge in [0.2, 0.25) is 0 Å². The number of halogens is 1. The van der Waals surface area contributed by atoms with E-state index >= 15 is 0 Å². The molecule has 5 heteroatoms. The van der Waals surface area contributed by atoms with Crippen LogP contribution in [-0.2, 0) is 11.2 Å². The van der Waals surface area contributed by atoms with E-state index in [1.165, 1.54) is 18.6 Å². The summed E-state index contributed by atoms with van der Waals surface area (Å²) in [5.41, 5.74) is 1.11. The predicted molar refractivity (Wildman–Crippen MR) is 80.9 cm³/mol. The van der Waals surface area contributed by atoms with Crippen LogP contribution in [0, 0.1) is 5.82 Å². The summed E-state index contributed by atoms with van der Waals surface area (Å²) in [5.74, 6) is 0.624. The van der Waals surface area contributed by atoms with Gasteiger partial charge < -0.3 is 15.4 Å². The highest BCUT2D eigenvalue weighted by Crippen LogP contribution is 2.34. The standard InChI is InChI=1S/C16H22FN3O/c1-18-16(20-14-10-13-6-7-15(14)21-13)19-9-8-11-2-4-12(17)5-3-11/h2-5,13-15H,6-10H2,1H3,(H2,18,19,20). The molecule has 3 unspecified atom stereocenters. The summed E-state index contributed by atoms with van der Waals surface area (Å²) in [6.07, 6.45) is 5.03. The Hall–Kier alpha value is -1.62. The molecule has 3 rings (SSSR count). The number of fused-ring (bicyclic) bond motifs is 2. The van der Waals surface area contributed by atoms with Crippen molar-refractivity contribution < 1.29 is 9.13 Å². The zero-order valence-electron chi connectivity index (χ0n) is 12.3. The van der Waals surface area contributed by atoms with Gasteiger partial charge in [-0.05, 0) is 43.4 Å². The number of nitrogens with zero attached hydrogens (tertiary/aromatic N) is 1. The molecule has 0 radical (unpaired) electrons. The minimum atomic E-state index is -0.194. The fraction of sp³-hybridized carbons (Fsp3) is 0.562. The summed E-state index contributed by atoms with van der Waals surface area (Å²) in [5, 5.41) is 6.75. The molecule has 2 saturated heterocycles. The summed E-state index contributed by atoms with van der Waals surface area (Å²) in [4.78, 5) is 4.26. The van der Waals surface area contributed by atoms with Gasteiger partial charge in [0, 0.05) is 13.6 Å². The van der Waals surface area contributed by atoms with Crippen LogP contribution >= 0.6 is 0 Å². The van der Waals surface area contributed by atoms with Gasteiger partial charge in [0.15, 0.2) is 5.96 Å². The molecule has 2 heterocycles. The second kappa shape index (κ2) is 6.43. The summed E-state index contributed by atoms with van der Waals surface area (Å²) >= 11 is 0. The number of rotatable bonds is 4. The number of ether oxygens (including phenoxy) is 1. The van der Waals surface area contributed by atoms with Crippen LogP contribution in [0.3, 0.4) is 0 Å². The maximum absolute atomic E-state index is 12.8. The first-order valence-corrected chi connectivity index (χ1v) is 7.61. The van der Waals surface area contributed by atoms with Gasteiger partial charge >= 0.3 is 0 Å². The molecule has 2 fully saturated rings. The largest absolute Gasteiger partial charge is 0.373 e. The molecule has 2 aliphatic rings. The number of aliphatic imine (C=N–C) groups is 1. The second-order valence-corrected chi connectivity index (χ2v) is 5.74. The van der Waals surface area contributed by atoms with Crippen LogP contribution in [0.1, 0.15) is 24.8 Å². The molecule has 2 N–H and O–H groups in total. The summed E-state index contributed by atoms with van der Waals surface area (Å²) in [6.45, 7) is 0.771. The van der Waals surface area contributed by atoms with Gasteiger partial charge in [-0.25, -0.2) is 4.39 Å². The first kappa shape index (κ1) is 14.3. The summed E-state index contributed by atoms with van der Waals surface area (Å²) in [6, 6.07) is 7.00. The average molecular weight is 291 g/mol. The van der Waals surface area contributed by atoms with Gasteiger partial charge in [-0.3, -0.25) is 4.99 Å². The predicted octanol–water partition coefficient (Wildman–Crippen LogP) is 1.85. The second-order valence-electron chi connectivity index (χ2n) is 5.74. The van der Waals surface area contributed by atoms with E-state index in [2.05, 4.69) is 15.6 Å². The van der Waals surface area contributed by atoms with Crippen molar-refractivity contribution in [2.24, 2.45) is 4.99 Å². The Kier molecular flexibility index (Phi) is 4.39. The number of guanidine groups is 1. The Morgan fingerprint density at radius 3 is 2.76 bits per heavy atom. The number of benzene rings is 1. The topological polar surface area (TPSA) is 45.7 Å². The number of hydrogen-bond acceptors (Lipinski definition) is 2. The van der Waals surface area contributed by atoms with Crippen molar-refractivity contribution in [1.82, 2.24) is 10.6 Å². The Balaban J connectivity index is 1.44. The highest BCUT2D eigenvalue weighted by molar-refractivity contribution is 5.80. The smallest absolute Gasteiger partial charge is 0.191 e. The molecule has 0 spiro atoms. The van der Waals surface area contributed by atoms with E-state index in [4.69, 9.17) is 4.74 Å². The van der Waals surface area contributed by atoms with Crippen LogP contribution < -0.4 is 10.6 Å². The number of hydrogen-bond donors (Lipinski definition) is 2. The molecular weight excluding hydrogens is 269 g/mol. The van der Waals surface area contributed by atoms with E-state index in [1.54, 1.807) is 7.05 Å². The molecule has 0 amide bonds.